The Hall–Kier alpha value is -1.06. The van der Waals surface area contributed by atoms with Gasteiger partial charge in [-0.15, -0.1) is 0 Å². The van der Waals surface area contributed by atoms with E-state index < -0.39 is 0 Å². The van der Waals surface area contributed by atoms with Crippen molar-refractivity contribution in [2.75, 3.05) is 27.2 Å². The second kappa shape index (κ2) is 5.29. The smallest absolute Gasteiger partial charge is 0.124 e. The van der Waals surface area contributed by atoms with Gasteiger partial charge in [0.1, 0.15) is 5.75 Å². The van der Waals surface area contributed by atoms with Gasteiger partial charge in [0.25, 0.3) is 0 Å². The van der Waals surface area contributed by atoms with Crippen LogP contribution in [0.4, 0.5) is 0 Å². The highest BCUT2D eigenvalue weighted by atomic mass is 16.5. The normalized spacial score (nSPS) is 24.5. The first-order valence-electron chi connectivity index (χ1n) is 6.62. The molecule has 1 aromatic rings. The lowest BCUT2D eigenvalue weighted by Crippen LogP contribution is -2.21. The molecule has 0 spiro atoms. The maximum absolute atomic E-state index is 5.81. The van der Waals surface area contributed by atoms with E-state index >= 15 is 0 Å². The molecule has 2 unspecified atom stereocenters. The molecular formula is C15H24N2O. The van der Waals surface area contributed by atoms with Crippen molar-refractivity contribution in [2.24, 2.45) is 11.7 Å². The minimum atomic E-state index is 0.439. The third kappa shape index (κ3) is 2.38. The lowest BCUT2D eigenvalue weighted by atomic mass is 9.94. The first-order chi connectivity index (χ1) is 8.56. The standard InChI is InChI=1S/C15H24N2O/c1-10-5-11(2)15(14(6-10)18-4)13-7-12(8-16)9-17(13)3/h5-6,12-13H,7-9,16H2,1-4H3. The molecule has 1 heterocycles. The number of hydrogen-bond donors (Lipinski definition) is 1. The van der Waals surface area contributed by atoms with Crippen LogP contribution < -0.4 is 10.5 Å². The van der Waals surface area contributed by atoms with Crippen LogP contribution in [0.3, 0.4) is 0 Å². The first-order valence-corrected chi connectivity index (χ1v) is 6.62. The number of nitrogens with zero attached hydrogens (tertiary/aromatic N) is 1. The van der Waals surface area contributed by atoms with Gasteiger partial charge in [0, 0.05) is 18.2 Å². The predicted molar refractivity (Wildman–Crippen MR) is 75.0 cm³/mol. The summed E-state index contributed by atoms with van der Waals surface area (Å²) in [5.41, 5.74) is 9.72. The number of rotatable bonds is 3. The average Bonchev–Trinajstić information content (AvgIpc) is 2.69. The highest BCUT2D eigenvalue weighted by molar-refractivity contribution is 5.45. The molecule has 100 valence electrons. The Labute approximate surface area is 110 Å². The van der Waals surface area contributed by atoms with Crippen LogP contribution in [0.25, 0.3) is 0 Å². The molecule has 2 rings (SSSR count). The molecule has 0 aromatic heterocycles. The van der Waals surface area contributed by atoms with Crippen molar-refractivity contribution in [3.8, 4) is 5.75 Å². The number of benzene rings is 1. The van der Waals surface area contributed by atoms with E-state index in [1.807, 2.05) is 0 Å². The highest BCUT2D eigenvalue weighted by Crippen LogP contribution is 2.40. The topological polar surface area (TPSA) is 38.5 Å². The zero-order chi connectivity index (χ0) is 13.3. The number of ether oxygens (including phenoxy) is 1. The highest BCUT2D eigenvalue weighted by Gasteiger charge is 2.32. The van der Waals surface area contributed by atoms with E-state index in [1.165, 1.54) is 16.7 Å². The summed E-state index contributed by atoms with van der Waals surface area (Å²) in [4.78, 5) is 2.40. The van der Waals surface area contributed by atoms with E-state index in [0.717, 1.165) is 25.3 Å². The van der Waals surface area contributed by atoms with E-state index in [-0.39, 0.29) is 0 Å². The van der Waals surface area contributed by atoms with Gasteiger partial charge in [0.2, 0.25) is 0 Å². The molecular weight excluding hydrogens is 224 g/mol. The molecule has 3 heteroatoms. The molecule has 2 N–H and O–H groups in total. The van der Waals surface area contributed by atoms with Crippen molar-refractivity contribution in [2.45, 2.75) is 26.3 Å². The summed E-state index contributed by atoms with van der Waals surface area (Å²) < 4.78 is 5.58. The zero-order valence-electron chi connectivity index (χ0n) is 11.9. The summed E-state index contributed by atoms with van der Waals surface area (Å²) >= 11 is 0. The monoisotopic (exact) mass is 248 g/mol. The number of likely N-dealkylation sites (tertiary alicyclic amines) is 1. The van der Waals surface area contributed by atoms with Crippen molar-refractivity contribution in [3.05, 3.63) is 28.8 Å². The maximum Gasteiger partial charge on any atom is 0.124 e. The minimum Gasteiger partial charge on any atom is -0.496 e. The first kappa shape index (κ1) is 13.4. The summed E-state index contributed by atoms with van der Waals surface area (Å²) in [6, 6.07) is 4.81. The Balaban J connectivity index is 2.38. The van der Waals surface area contributed by atoms with E-state index in [4.69, 9.17) is 10.5 Å². The van der Waals surface area contributed by atoms with Gasteiger partial charge in [0.05, 0.1) is 7.11 Å². The third-order valence-corrected chi connectivity index (χ3v) is 4.01. The van der Waals surface area contributed by atoms with Gasteiger partial charge >= 0.3 is 0 Å². The summed E-state index contributed by atoms with van der Waals surface area (Å²) in [7, 11) is 3.94. The molecule has 0 bridgehead atoms. The predicted octanol–water partition coefficient (Wildman–Crippen LogP) is 2.26. The minimum absolute atomic E-state index is 0.439. The Morgan fingerprint density at radius 2 is 2.11 bits per heavy atom. The molecule has 1 saturated heterocycles. The summed E-state index contributed by atoms with van der Waals surface area (Å²) in [6.45, 7) is 6.14. The van der Waals surface area contributed by atoms with Crippen LogP contribution in [0.5, 0.6) is 5.75 Å². The van der Waals surface area contributed by atoms with Gasteiger partial charge < -0.3 is 10.5 Å². The molecule has 2 atom stereocenters. The number of aryl methyl sites for hydroxylation is 2. The fraction of sp³-hybridized carbons (Fsp3) is 0.600. The zero-order valence-corrected chi connectivity index (χ0v) is 11.9. The molecule has 18 heavy (non-hydrogen) atoms. The fourth-order valence-electron chi connectivity index (χ4n) is 3.15. The van der Waals surface area contributed by atoms with Crippen LogP contribution >= 0.6 is 0 Å². The van der Waals surface area contributed by atoms with Gasteiger partial charge in [-0.25, -0.2) is 0 Å². The number of nitrogens with two attached hydrogens (primary N) is 1. The molecule has 1 aromatic carbocycles. The summed E-state index contributed by atoms with van der Waals surface area (Å²) in [5, 5.41) is 0. The van der Waals surface area contributed by atoms with Gasteiger partial charge in [0.15, 0.2) is 0 Å². The second-order valence-electron chi connectivity index (χ2n) is 5.49. The van der Waals surface area contributed by atoms with E-state index in [0.29, 0.717) is 12.0 Å². The Morgan fingerprint density at radius 3 is 2.67 bits per heavy atom. The van der Waals surface area contributed by atoms with Gasteiger partial charge in [-0.1, -0.05) is 6.07 Å². The average molecular weight is 248 g/mol. The Bertz CT molecular complexity index is 431. The third-order valence-electron chi connectivity index (χ3n) is 4.01. The van der Waals surface area contributed by atoms with Crippen LogP contribution in [-0.2, 0) is 0 Å². The van der Waals surface area contributed by atoms with Crippen LogP contribution in [0.2, 0.25) is 0 Å². The molecule has 1 aliphatic heterocycles. The van der Waals surface area contributed by atoms with E-state index in [2.05, 4.69) is 37.9 Å². The summed E-state index contributed by atoms with van der Waals surface area (Å²) in [6.07, 6.45) is 1.13. The summed E-state index contributed by atoms with van der Waals surface area (Å²) in [5.74, 6) is 1.62. The molecule has 0 radical (unpaired) electrons. The van der Waals surface area contributed by atoms with Crippen molar-refractivity contribution < 1.29 is 4.74 Å². The van der Waals surface area contributed by atoms with Crippen molar-refractivity contribution >= 4 is 0 Å². The largest absolute Gasteiger partial charge is 0.496 e. The van der Waals surface area contributed by atoms with E-state index in [9.17, 15) is 0 Å². The van der Waals surface area contributed by atoms with Gasteiger partial charge in [-0.05, 0) is 57.0 Å². The van der Waals surface area contributed by atoms with Crippen molar-refractivity contribution in [1.29, 1.82) is 0 Å². The molecule has 1 aliphatic rings. The SMILES string of the molecule is COc1cc(C)cc(C)c1C1CC(CN)CN1C. The lowest BCUT2D eigenvalue weighted by molar-refractivity contribution is 0.302. The molecule has 0 aliphatic carbocycles. The maximum atomic E-state index is 5.81. The van der Waals surface area contributed by atoms with Crippen molar-refractivity contribution in [3.63, 3.8) is 0 Å². The number of methoxy groups -OCH3 is 1. The Morgan fingerprint density at radius 1 is 1.39 bits per heavy atom. The van der Waals surface area contributed by atoms with Gasteiger partial charge in [-0.2, -0.15) is 0 Å². The van der Waals surface area contributed by atoms with Crippen LogP contribution in [0.15, 0.2) is 12.1 Å². The fourth-order valence-corrected chi connectivity index (χ4v) is 3.15. The van der Waals surface area contributed by atoms with Crippen LogP contribution in [0, 0.1) is 19.8 Å². The quantitative estimate of drug-likeness (QED) is 0.891. The van der Waals surface area contributed by atoms with E-state index in [1.54, 1.807) is 7.11 Å². The molecule has 3 nitrogen and oxygen atoms in total. The molecule has 0 saturated carbocycles. The molecule has 1 fully saturated rings. The van der Waals surface area contributed by atoms with Crippen LogP contribution in [0.1, 0.15) is 29.2 Å². The lowest BCUT2D eigenvalue weighted by Gasteiger charge is -2.24. The second-order valence-corrected chi connectivity index (χ2v) is 5.49. The Kier molecular flexibility index (Phi) is 3.93. The molecule has 0 amide bonds. The van der Waals surface area contributed by atoms with Crippen LogP contribution in [-0.4, -0.2) is 32.1 Å². The van der Waals surface area contributed by atoms with Gasteiger partial charge in [-0.3, -0.25) is 4.90 Å². The van der Waals surface area contributed by atoms with Crippen molar-refractivity contribution in [1.82, 2.24) is 4.90 Å². The number of hydrogen-bond acceptors (Lipinski definition) is 3.